The van der Waals surface area contributed by atoms with Crippen LogP contribution >= 0.6 is 0 Å². The first kappa shape index (κ1) is 17.0. The number of hydrogen-bond donors (Lipinski definition) is 3. The van der Waals surface area contributed by atoms with E-state index in [1.54, 1.807) is 18.2 Å². The second-order valence-electron chi connectivity index (χ2n) is 5.98. The third-order valence-corrected chi connectivity index (χ3v) is 3.82. The van der Waals surface area contributed by atoms with Crippen molar-refractivity contribution in [2.75, 3.05) is 23.7 Å². The Morgan fingerprint density at radius 2 is 1.96 bits per heavy atom. The average molecular weight is 342 g/mol. The minimum atomic E-state index is -0.503. The summed E-state index contributed by atoms with van der Waals surface area (Å²) in [4.78, 5) is 28.2. The van der Waals surface area contributed by atoms with Gasteiger partial charge in [-0.25, -0.2) is 4.39 Å². The van der Waals surface area contributed by atoms with Crippen LogP contribution in [0.15, 0.2) is 42.6 Å². The summed E-state index contributed by atoms with van der Waals surface area (Å²) in [6.07, 6.45) is 3.90. The topological polar surface area (TPSA) is 83.1 Å². The van der Waals surface area contributed by atoms with E-state index in [2.05, 4.69) is 20.9 Å². The lowest BCUT2D eigenvalue weighted by molar-refractivity contribution is -0.115. The number of carbonyl (C=O) groups excluding carboxylic acids is 2. The van der Waals surface area contributed by atoms with Gasteiger partial charge in [0.1, 0.15) is 11.5 Å². The van der Waals surface area contributed by atoms with Crippen molar-refractivity contribution < 1.29 is 14.0 Å². The van der Waals surface area contributed by atoms with Crippen LogP contribution in [0.25, 0.3) is 0 Å². The van der Waals surface area contributed by atoms with Crippen LogP contribution in [-0.4, -0.2) is 29.9 Å². The molecule has 0 radical (unpaired) electrons. The molecule has 0 bridgehead atoms. The van der Waals surface area contributed by atoms with Crippen LogP contribution in [0.3, 0.4) is 0 Å². The highest BCUT2D eigenvalue weighted by atomic mass is 19.1. The lowest BCUT2D eigenvalue weighted by Gasteiger charge is -2.13. The van der Waals surface area contributed by atoms with Gasteiger partial charge in [0.25, 0.3) is 5.91 Å². The first-order chi connectivity index (χ1) is 12.1. The molecule has 1 aliphatic rings. The SMILES string of the molecule is O=C(CNCC1CC1)Nc1cc(F)ccc1NC(=O)c1ccccn1. The molecule has 1 saturated carbocycles. The molecule has 0 aliphatic heterocycles. The van der Waals surface area contributed by atoms with E-state index < -0.39 is 11.7 Å². The number of benzene rings is 1. The highest BCUT2D eigenvalue weighted by molar-refractivity contribution is 6.06. The lowest BCUT2D eigenvalue weighted by Crippen LogP contribution is -2.29. The summed E-state index contributed by atoms with van der Waals surface area (Å²) in [5, 5.41) is 8.33. The van der Waals surface area contributed by atoms with Crippen molar-refractivity contribution in [1.82, 2.24) is 10.3 Å². The molecule has 2 amide bonds. The van der Waals surface area contributed by atoms with Gasteiger partial charge in [-0.3, -0.25) is 14.6 Å². The average Bonchev–Trinajstić information content (AvgIpc) is 3.42. The van der Waals surface area contributed by atoms with Crippen LogP contribution in [-0.2, 0) is 4.79 Å². The third-order valence-electron chi connectivity index (χ3n) is 3.82. The molecule has 6 nitrogen and oxygen atoms in total. The molecule has 0 unspecified atom stereocenters. The van der Waals surface area contributed by atoms with E-state index in [0.717, 1.165) is 6.54 Å². The molecule has 1 fully saturated rings. The summed E-state index contributed by atoms with van der Waals surface area (Å²) in [5.41, 5.74) is 0.755. The smallest absolute Gasteiger partial charge is 0.274 e. The van der Waals surface area contributed by atoms with Gasteiger partial charge in [-0.1, -0.05) is 6.07 Å². The molecule has 1 heterocycles. The number of anilines is 2. The second kappa shape index (κ2) is 7.85. The van der Waals surface area contributed by atoms with E-state index in [-0.39, 0.29) is 23.8 Å². The van der Waals surface area contributed by atoms with Crippen molar-refractivity contribution >= 4 is 23.2 Å². The number of hydrogen-bond acceptors (Lipinski definition) is 4. The minimum absolute atomic E-state index is 0.140. The Morgan fingerprint density at radius 3 is 2.68 bits per heavy atom. The van der Waals surface area contributed by atoms with E-state index in [4.69, 9.17) is 0 Å². The van der Waals surface area contributed by atoms with Gasteiger partial charge >= 0.3 is 0 Å². The molecule has 25 heavy (non-hydrogen) atoms. The highest BCUT2D eigenvalue weighted by Crippen LogP contribution is 2.27. The van der Waals surface area contributed by atoms with Crippen molar-refractivity contribution in [1.29, 1.82) is 0 Å². The van der Waals surface area contributed by atoms with Gasteiger partial charge in [0.2, 0.25) is 5.91 Å². The molecular weight excluding hydrogens is 323 g/mol. The predicted octanol–water partition coefficient (Wildman–Crippen LogP) is 2.41. The second-order valence-corrected chi connectivity index (χ2v) is 5.98. The van der Waals surface area contributed by atoms with Crippen LogP contribution in [0.1, 0.15) is 23.3 Å². The minimum Gasteiger partial charge on any atom is -0.323 e. The normalized spacial score (nSPS) is 13.3. The molecule has 2 aromatic rings. The first-order valence-corrected chi connectivity index (χ1v) is 8.14. The molecule has 1 aromatic carbocycles. The van der Waals surface area contributed by atoms with Gasteiger partial charge in [-0.05, 0) is 55.6 Å². The Kier molecular flexibility index (Phi) is 5.35. The summed E-state index contributed by atoms with van der Waals surface area (Å²) in [5.74, 6) is -0.568. The maximum absolute atomic E-state index is 13.5. The number of amides is 2. The van der Waals surface area contributed by atoms with Crippen molar-refractivity contribution in [3.8, 4) is 0 Å². The maximum atomic E-state index is 13.5. The van der Waals surface area contributed by atoms with E-state index in [1.807, 2.05) is 0 Å². The number of halogens is 1. The third kappa shape index (κ3) is 5.09. The molecule has 0 atom stereocenters. The molecule has 1 aromatic heterocycles. The summed E-state index contributed by atoms with van der Waals surface area (Å²) in [6.45, 7) is 0.945. The Morgan fingerprint density at radius 1 is 1.12 bits per heavy atom. The van der Waals surface area contributed by atoms with E-state index in [0.29, 0.717) is 11.6 Å². The lowest BCUT2D eigenvalue weighted by atomic mass is 10.2. The van der Waals surface area contributed by atoms with Crippen molar-refractivity contribution in [2.24, 2.45) is 5.92 Å². The van der Waals surface area contributed by atoms with Gasteiger partial charge < -0.3 is 16.0 Å². The fourth-order valence-corrected chi connectivity index (χ4v) is 2.32. The zero-order valence-corrected chi connectivity index (χ0v) is 13.6. The fraction of sp³-hybridized carbons (Fsp3) is 0.278. The quantitative estimate of drug-likeness (QED) is 0.722. The summed E-state index contributed by atoms with van der Waals surface area (Å²) >= 11 is 0. The Labute approximate surface area is 144 Å². The van der Waals surface area contributed by atoms with Crippen LogP contribution in [0.4, 0.5) is 15.8 Å². The number of rotatable bonds is 7. The largest absolute Gasteiger partial charge is 0.323 e. The molecule has 3 rings (SSSR count). The summed E-state index contributed by atoms with van der Waals surface area (Å²) < 4.78 is 13.5. The number of aromatic nitrogens is 1. The van der Waals surface area contributed by atoms with E-state index in [9.17, 15) is 14.0 Å². The predicted molar refractivity (Wildman–Crippen MR) is 92.8 cm³/mol. The monoisotopic (exact) mass is 342 g/mol. The van der Waals surface area contributed by atoms with Crippen LogP contribution in [0, 0.1) is 11.7 Å². The zero-order valence-electron chi connectivity index (χ0n) is 13.6. The van der Waals surface area contributed by atoms with Crippen LogP contribution < -0.4 is 16.0 Å². The molecular formula is C18H19FN4O2. The summed E-state index contributed by atoms with van der Waals surface area (Å²) in [6, 6.07) is 8.76. The highest BCUT2D eigenvalue weighted by Gasteiger charge is 2.20. The number of nitrogens with one attached hydrogen (secondary N) is 3. The van der Waals surface area contributed by atoms with Crippen molar-refractivity contribution in [3.05, 3.63) is 54.1 Å². The molecule has 1 aliphatic carbocycles. The van der Waals surface area contributed by atoms with Gasteiger partial charge in [-0.15, -0.1) is 0 Å². The van der Waals surface area contributed by atoms with Crippen molar-refractivity contribution in [3.63, 3.8) is 0 Å². The molecule has 0 saturated heterocycles. The Hall–Kier alpha value is -2.80. The Balaban J connectivity index is 1.64. The first-order valence-electron chi connectivity index (χ1n) is 8.14. The summed E-state index contributed by atoms with van der Waals surface area (Å²) in [7, 11) is 0. The molecule has 130 valence electrons. The van der Waals surface area contributed by atoms with Gasteiger partial charge in [0.15, 0.2) is 0 Å². The maximum Gasteiger partial charge on any atom is 0.274 e. The molecule has 0 spiro atoms. The number of carbonyl (C=O) groups is 2. The van der Waals surface area contributed by atoms with Gasteiger partial charge in [0, 0.05) is 6.20 Å². The fourth-order valence-electron chi connectivity index (χ4n) is 2.32. The number of pyridine rings is 1. The molecule has 7 heteroatoms. The Bertz CT molecular complexity index is 763. The van der Waals surface area contributed by atoms with E-state index in [1.165, 1.54) is 37.2 Å². The van der Waals surface area contributed by atoms with Crippen LogP contribution in [0.2, 0.25) is 0 Å². The van der Waals surface area contributed by atoms with Gasteiger partial charge in [-0.2, -0.15) is 0 Å². The van der Waals surface area contributed by atoms with Crippen molar-refractivity contribution in [2.45, 2.75) is 12.8 Å². The standard InChI is InChI=1S/C18H19FN4O2/c19-13-6-7-14(23-18(25)15-3-1-2-8-21-15)16(9-13)22-17(24)11-20-10-12-4-5-12/h1-3,6-9,12,20H,4-5,10-11H2,(H,22,24)(H,23,25). The van der Waals surface area contributed by atoms with E-state index >= 15 is 0 Å². The van der Waals surface area contributed by atoms with Gasteiger partial charge in [0.05, 0.1) is 17.9 Å². The zero-order chi connectivity index (χ0) is 17.6. The van der Waals surface area contributed by atoms with Crippen LogP contribution in [0.5, 0.6) is 0 Å². The number of nitrogens with zero attached hydrogens (tertiary/aromatic N) is 1. The molecule has 3 N–H and O–H groups in total.